The molecule has 1 aliphatic heterocycles. The Hall–Kier alpha value is -5.66. The van der Waals surface area contributed by atoms with Crippen LogP contribution in [-0.2, 0) is 17.8 Å². The van der Waals surface area contributed by atoms with Crippen LogP contribution in [0.3, 0.4) is 0 Å². The fourth-order valence-electron chi connectivity index (χ4n) is 6.77. The third-order valence-corrected chi connectivity index (χ3v) is 9.74. The second-order valence-electron chi connectivity index (χ2n) is 12.6. The number of benzene rings is 1. The molecule has 4 aromatic heterocycles. The van der Waals surface area contributed by atoms with E-state index >= 15 is 0 Å². The summed E-state index contributed by atoms with van der Waals surface area (Å²) < 4.78 is 18.6. The van der Waals surface area contributed by atoms with Gasteiger partial charge < -0.3 is 38.4 Å². The first-order chi connectivity index (χ1) is 24.3. The number of nitrogens with one attached hydrogen (secondary N) is 1. The lowest BCUT2D eigenvalue weighted by molar-refractivity contribution is -0.121. The van der Waals surface area contributed by atoms with Gasteiger partial charge in [-0.15, -0.1) is 0 Å². The Bertz CT molecular complexity index is 2160. The second-order valence-corrected chi connectivity index (χ2v) is 12.6. The highest BCUT2D eigenvalue weighted by Crippen LogP contribution is 2.34. The predicted octanol–water partition coefficient (Wildman–Crippen LogP) is 4.29. The number of hydrogen-bond acceptors (Lipinski definition) is 11. The highest BCUT2D eigenvalue weighted by Gasteiger charge is 2.31. The summed E-state index contributed by atoms with van der Waals surface area (Å²) in [5.74, 6) is 0.290. The van der Waals surface area contributed by atoms with Crippen molar-refractivity contribution in [1.82, 2.24) is 29.7 Å². The van der Waals surface area contributed by atoms with Crippen molar-refractivity contribution >= 4 is 39.8 Å². The Morgan fingerprint density at radius 2 is 1.92 bits per heavy atom. The number of amides is 2. The maximum atomic E-state index is 14.3. The van der Waals surface area contributed by atoms with E-state index in [-0.39, 0.29) is 65.0 Å². The lowest BCUT2D eigenvalue weighted by Gasteiger charge is -2.37. The summed E-state index contributed by atoms with van der Waals surface area (Å²) in [7, 11) is 1.51. The molecule has 260 valence electrons. The summed E-state index contributed by atoms with van der Waals surface area (Å²) in [6.45, 7) is 7.73. The van der Waals surface area contributed by atoms with Crippen LogP contribution in [0.2, 0.25) is 0 Å². The van der Waals surface area contributed by atoms with Crippen LogP contribution in [0, 0.1) is 5.92 Å². The monoisotopic (exact) mass is 681 g/mol. The molecule has 2 N–H and O–H groups in total. The summed E-state index contributed by atoms with van der Waals surface area (Å²) >= 11 is 0. The zero-order chi connectivity index (χ0) is 34.9. The zero-order valence-electron chi connectivity index (χ0n) is 28.1. The van der Waals surface area contributed by atoms with E-state index in [0.29, 0.717) is 66.7 Å². The highest BCUT2D eigenvalue weighted by molar-refractivity contribution is 6.06. The average Bonchev–Trinajstić information content (AvgIpc) is 3.77. The van der Waals surface area contributed by atoms with E-state index in [1.807, 2.05) is 11.8 Å². The zero-order valence-corrected chi connectivity index (χ0v) is 28.1. The molecule has 50 heavy (non-hydrogen) atoms. The average molecular weight is 682 g/mol. The van der Waals surface area contributed by atoms with Gasteiger partial charge in [-0.05, 0) is 49.8 Å². The molecule has 0 radical (unpaired) electrons. The minimum atomic E-state index is -0.391. The molecule has 7 rings (SSSR count). The number of ether oxygens (including phenoxy) is 1. The van der Waals surface area contributed by atoms with Crippen molar-refractivity contribution in [3.05, 3.63) is 70.5 Å². The first kappa shape index (κ1) is 32.9. The van der Waals surface area contributed by atoms with Gasteiger partial charge in [-0.2, -0.15) is 4.98 Å². The van der Waals surface area contributed by atoms with Crippen LogP contribution in [0.1, 0.15) is 48.7 Å². The molecular weight excluding hydrogens is 642 g/mol. The van der Waals surface area contributed by atoms with Crippen LogP contribution in [0.15, 0.2) is 62.6 Å². The number of carbonyl (C=O) groups is 2. The topological polar surface area (TPSA) is 169 Å². The van der Waals surface area contributed by atoms with E-state index in [2.05, 4.69) is 21.9 Å². The summed E-state index contributed by atoms with van der Waals surface area (Å²) in [6.07, 6.45) is 7.48. The molecule has 1 saturated carbocycles. The number of phenolic OH excluding ortho intramolecular Hbond substituents is 1. The molecule has 0 bridgehead atoms. The molecule has 5 heterocycles. The number of aromatic hydroxyl groups is 1. The Morgan fingerprint density at radius 1 is 1.12 bits per heavy atom. The third kappa shape index (κ3) is 6.05. The lowest BCUT2D eigenvalue weighted by atomic mass is 9.79. The van der Waals surface area contributed by atoms with E-state index < -0.39 is 5.91 Å². The van der Waals surface area contributed by atoms with E-state index in [9.17, 15) is 19.5 Å². The maximum absolute atomic E-state index is 14.3. The number of nitrogens with zero attached hydrogens (tertiary/aromatic N) is 6. The van der Waals surface area contributed by atoms with E-state index in [1.165, 1.54) is 26.0 Å². The fourth-order valence-corrected chi connectivity index (χ4v) is 6.77. The molecule has 1 aliphatic carbocycles. The van der Waals surface area contributed by atoms with Crippen molar-refractivity contribution in [2.24, 2.45) is 5.92 Å². The van der Waals surface area contributed by atoms with Gasteiger partial charge in [0.15, 0.2) is 17.6 Å². The summed E-state index contributed by atoms with van der Waals surface area (Å²) in [6, 6.07) is 6.38. The molecule has 5 aromatic rings. The molecule has 0 spiro atoms. The largest absolute Gasteiger partial charge is 0.507 e. The van der Waals surface area contributed by atoms with E-state index in [4.69, 9.17) is 18.6 Å². The molecule has 1 aromatic carbocycles. The molecule has 14 nitrogen and oxygen atoms in total. The highest BCUT2D eigenvalue weighted by atomic mass is 16.5. The number of aromatic nitrogens is 4. The molecule has 2 aliphatic rings. The Kier molecular flexibility index (Phi) is 9.00. The summed E-state index contributed by atoms with van der Waals surface area (Å²) in [5.41, 5.74) is 3.43. The number of phenols is 1. The van der Waals surface area contributed by atoms with Gasteiger partial charge in [0, 0.05) is 56.2 Å². The number of anilines is 1. The molecule has 2 fully saturated rings. The molecular formula is C36H39N7O7. The fraction of sp³-hybridized carbons (Fsp3) is 0.389. The van der Waals surface area contributed by atoms with E-state index in [0.717, 1.165) is 18.4 Å². The quantitative estimate of drug-likeness (QED) is 0.191. The van der Waals surface area contributed by atoms with Gasteiger partial charge in [0.2, 0.25) is 28.7 Å². The molecule has 14 heteroatoms. The van der Waals surface area contributed by atoms with Gasteiger partial charge in [-0.25, -0.2) is 9.97 Å². The van der Waals surface area contributed by atoms with Crippen LogP contribution in [0.5, 0.6) is 11.6 Å². The predicted molar refractivity (Wildman–Crippen MR) is 185 cm³/mol. The number of methoxy groups -OCH3 is 1. The minimum Gasteiger partial charge on any atom is -0.507 e. The summed E-state index contributed by atoms with van der Waals surface area (Å²) in [4.78, 5) is 57.8. The smallest absolute Gasteiger partial charge is 0.261 e. The summed E-state index contributed by atoms with van der Waals surface area (Å²) in [5, 5.41) is 13.6. The van der Waals surface area contributed by atoms with Crippen LogP contribution in [0.4, 0.5) is 5.69 Å². The van der Waals surface area contributed by atoms with Crippen LogP contribution in [0.25, 0.3) is 33.8 Å². The molecule has 0 unspecified atom stereocenters. The number of oxazole rings is 2. The number of pyridine rings is 2. The van der Waals surface area contributed by atoms with Crippen molar-refractivity contribution in [3.63, 3.8) is 0 Å². The van der Waals surface area contributed by atoms with Crippen molar-refractivity contribution < 1.29 is 28.3 Å². The van der Waals surface area contributed by atoms with E-state index in [1.54, 1.807) is 33.9 Å². The molecule has 0 atom stereocenters. The van der Waals surface area contributed by atoms with Gasteiger partial charge in [0.1, 0.15) is 29.1 Å². The Balaban J connectivity index is 1.20. The SMILES string of the molecule is C=C(CCNC(=O)Cn1c(CC)c(N2CCN(C(=O)c3c(O)ccc4ncoc34)CC2)c(=O)c2oc(-c3ccnc(OC)c3)nc21)C1CCC1. The van der Waals surface area contributed by atoms with Gasteiger partial charge in [0.05, 0.1) is 7.11 Å². The number of fused-ring (bicyclic) bond motifs is 2. The van der Waals surface area contributed by atoms with Crippen molar-refractivity contribution in [2.45, 2.75) is 45.6 Å². The lowest BCUT2D eigenvalue weighted by Crippen LogP contribution is -2.50. The van der Waals surface area contributed by atoms with Gasteiger partial charge in [0.25, 0.3) is 5.91 Å². The van der Waals surface area contributed by atoms with Crippen molar-refractivity contribution in [1.29, 1.82) is 0 Å². The van der Waals surface area contributed by atoms with Gasteiger partial charge in [-0.3, -0.25) is 14.4 Å². The van der Waals surface area contributed by atoms with Gasteiger partial charge >= 0.3 is 0 Å². The van der Waals surface area contributed by atoms with Crippen molar-refractivity contribution in [2.75, 3.05) is 44.7 Å². The minimum absolute atomic E-state index is 0.0227. The van der Waals surface area contributed by atoms with Crippen LogP contribution >= 0.6 is 0 Å². The second kappa shape index (κ2) is 13.7. The first-order valence-corrected chi connectivity index (χ1v) is 16.9. The van der Waals surface area contributed by atoms with Crippen LogP contribution < -0.4 is 20.4 Å². The number of piperazine rings is 1. The normalized spacial score (nSPS) is 15.0. The first-order valence-electron chi connectivity index (χ1n) is 16.9. The van der Waals surface area contributed by atoms with Crippen LogP contribution in [-0.4, -0.2) is 81.2 Å². The number of rotatable bonds is 11. The number of hydrogen-bond donors (Lipinski definition) is 2. The maximum Gasteiger partial charge on any atom is 0.261 e. The Morgan fingerprint density at radius 3 is 2.64 bits per heavy atom. The third-order valence-electron chi connectivity index (χ3n) is 9.74. The standard InChI is InChI=1S/C36H39N7O7/c1-4-25-30(41-14-16-42(17-15-41)36(47)29-26(44)9-8-24-32(29)49-20-39-24)31(46)33-34(40-35(50-33)23-11-13-38-28(18-23)48-3)43(25)19-27(45)37-12-10-21(2)22-6-5-7-22/h8-9,11,13,18,20,22,44H,2,4-7,10,12,14-17,19H2,1,3H3,(H,37,45). The number of carbonyl (C=O) groups excluding carboxylic acids is 2. The Labute approximate surface area is 287 Å². The van der Waals surface area contributed by atoms with Gasteiger partial charge in [-0.1, -0.05) is 25.5 Å². The van der Waals surface area contributed by atoms with Crippen molar-refractivity contribution in [3.8, 4) is 23.1 Å². The molecule has 2 amide bonds. The molecule has 1 saturated heterocycles.